The van der Waals surface area contributed by atoms with E-state index in [1.807, 2.05) is 22.7 Å². The minimum absolute atomic E-state index is 1.13. The molecule has 0 atom stereocenters. The van der Waals surface area contributed by atoms with Gasteiger partial charge in [-0.3, -0.25) is 0 Å². The molecule has 2 aromatic heterocycles. The molecule has 0 N–H and O–H groups in total. The van der Waals surface area contributed by atoms with Crippen molar-refractivity contribution in [2.75, 3.05) is 0 Å². The van der Waals surface area contributed by atoms with Gasteiger partial charge in [0.05, 0.1) is 0 Å². The fourth-order valence-electron chi connectivity index (χ4n) is 1.37. The molecule has 0 saturated heterocycles. The second-order valence-electron chi connectivity index (χ2n) is 3.19. The van der Waals surface area contributed by atoms with Crippen LogP contribution in [0.1, 0.15) is 16.2 Å². The Hall–Kier alpha value is -0.600. The third kappa shape index (κ3) is 2.96. The van der Waals surface area contributed by atoms with Gasteiger partial charge < -0.3 is 0 Å². The van der Waals surface area contributed by atoms with E-state index in [4.69, 9.17) is 0 Å². The molecule has 0 bridgehead atoms. The normalized spacial score (nSPS) is 10.6. The lowest BCUT2D eigenvalue weighted by atomic mass is 10.1. The van der Waals surface area contributed by atoms with E-state index in [2.05, 4.69) is 41.4 Å². The van der Waals surface area contributed by atoms with Gasteiger partial charge >= 0.3 is 0 Å². The second kappa shape index (κ2) is 5.32. The van der Waals surface area contributed by atoms with Crippen molar-refractivity contribution in [2.45, 2.75) is 19.3 Å². The molecule has 0 aliphatic rings. The molecule has 0 aliphatic heterocycles. The monoisotopic (exact) mass is 221 g/mol. The van der Waals surface area contributed by atoms with Gasteiger partial charge in [-0.05, 0) is 48.6 Å². The smallest absolute Gasteiger partial charge is 0.00480 e. The van der Waals surface area contributed by atoms with Crippen LogP contribution >= 0.6 is 22.7 Å². The Morgan fingerprint density at radius 2 is 1.71 bits per heavy atom. The van der Waals surface area contributed by atoms with E-state index in [1.54, 1.807) is 0 Å². The summed E-state index contributed by atoms with van der Waals surface area (Å²) in [6.07, 6.45) is 5.90. The summed E-state index contributed by atoms with van der Waals surface area (Å²) >= 11 is 3.70. The molecule has 0 spiro atoms. The van der Waals surface area contributed by atoms with Crippen LogP contribution < -0.4 is 0 Å². The lowest BCUT2D eigenvalue weighted by Gasteiger charge is -1.96. The van der Waals surface area contributed by atoms with E-state index in [0.717, 1.165) is 6.42 Å². The molecular formula is C12H13S2. The van der Waals surface area contributed by atoms with Gasteiger partial charge in [0.15, 0.2) is 0 Å². The van der Waals surface area contributed by atoms with Crippen LogP contribution in [0.5, 0.6) is 0 Å². The van der Waals surface area contributed by atoms with Gasteiger partial charge in [0.2, 0.25) is 0 Å². The highest BCUT2D eigenvalue weighted by molar-refractivity contribution is 7.10. The molecule has 1 radical (unpaired) electrons. The standard InChI is InChI=1S/C12H13S2/c1(5-11-7-3-9-13-11)2-6-12-8-4-10-14-12/h1,3-4,7-10H,2,5-6H2. The van der Waals surface area contributed by atoms with Crippen LogP contribution in [-0.4, -0.2) is 0 Å². The molecule has 0 unspecified atom stereocenters. The summed E-state index contributed by atoms with van der Waals surface area (Å²) in [6, 6.07) is 8.66. The molecule has 2 rings (SSSR count). The summed E-state index contributed by atoms with van der Waals surface area (Å²) in [6.45, 7) is 0. The third-order valence-electron chi connectivity index (χ3n) is 2.10. The summed E-state index contributed by atoms with van der Waals surface area (Å²) < 4.78 is 0. The molecular weight excluding hydrogens is 208 g/mol. The van der Waals surface area contributed by atoms with Gasteiger partial charge in [0.1, 0.15) is 0 Å². The topological polar surface area (TPSA) is 0 Å². The van der Waals surface area contributed by atoms with Crippen LogP contribution in [0.15, 0.2) is 35.0 Å². The average molecular weight is 221 g/mol. The fraction of sp³-hybridized carbons (Fsp3) is 0.250. The van der Waals surface area contributed by atoms with Crippen molar-refractivity contribution < 1.29 is 0 Å². The maximum atomic E-state index is 2.38. The third-order valence-corrected chi connectivity index (χ3v) is 3.94. The number of hydrogen-bond acceptors (Lipinski definition) is 2. The van der Waals surface area contributed by atoms with Gasteiger partial charge in [0.25, 0.3) is 0 Å². The minimum Gasteiger partial charge on any atom is -0.149 e. The van der Waals surface area contributed by atoms with Crippen molar-refractivity contribution in [3.63, 3.8) is 0 Å². The van der Waals surface area contributed by atoms with E-state index in [9.17, 15) is 0 Å². The predicted molar refractivity (Wildman–Crippen MR) is 65.0 cm³/mol. The molecule has 0 fully saturated rings. The zero-order valence-electron chi connectivity index (χ0n) is 7.98. The quantitative estimate of drug-likeness (QED) is 0.664. The van der Waals surface area contributed by atoms with E-state index in [1.165, 1.54) is 22.6 Å². The minimum atomic E-state index is 1.13. The lowest BCUT2D eigenvalue weighted by Crippen LogP contribution is -1.85. The summed E-state index contributed by atoms with van der Waals surface area (Å²) in [5, 5.41) is 4.29. The molecule has 0 nitrogen and oxygen atoms in total. The van der Waals surface area contributed by atoms with Crippen molar-refractivity contribution in [1.29, 1.82) is 0 Å². The summed E-state index contributed by atoms with van der Waals surface area (Å²) in [5.41, 5.74) is 0. The van der Waals surface area contributed by atoms with Crippen LogP contribution in [0, 0.1) is 6.42 Å². The molecule has 0 amide bonds. The Labute approximate surface area is 93.2 Å². The van der Waals surface area contributed by atoms with E-state index < -0.39 is 0 Å². The summed E-state index contributed by atoms with van der Waals surface area (Å²) in [7, 11) is 0. The van der Waals surface area contributed by atoms with Crippen LogP contribution in [-0.2, 0) is 12.8 Å². The molecule has 2 aromatic rings. The summed E-state index contributed by atoms with van der Waals surface area (Å²) in [5.74, 6) is 0. The number of unbranched alkanes of at least 4 members (excludes halogenated alkanes) is 1. The molecule has 0 aliphatic carbocycles. The van der Waals surface area contributed by atoms with Crippen molar-refractivity contribution >= 4 is 22.7 Å². The molecule has 14 heavy (non-hydrogen) atoms. The number of aryl methyl sites for hydroxylation is 1. The first kappa shape index (κ1) is 9.94. The average Bonchev–Trinajstić information content (AvgIpc) is 2.86. The van der Waals surface area contributed by atoms with E-state index in [0.29, 0.717) is 0 Å². The highest BCUT2D eigenvalue weighted by Gasteiger charge is 1.96. The Balaban J connectivity index is 1.65. The van der Waals surface area contributed by atoms with Gasteiger partial charge in [-0.15, -0.1) is 22.7 Å². The van der Waals surface area contributed by atoms with Gasteiger partial charge in [-0.25, -0.2) is 0 Å². The SMILES string of the molecule is [CH](CCc1cccs1)Cc1cccs1. The van der Waals surface area contributed by atoms with Crippen molar-refractivity contribution in [3.8, 4) is 0 Å². The molecule has 2 heterocycles. The Morgan fingerprint density at radius 1 is 1.00 bits per heavy atom. The molecule has 0 saturated carbocycles. The fourth-order valence-corrected chi connectivity index (χ4v) is 2.80. The van der Waals surface area contributed by atoms with Crippen LogP contribution in [0.3, 0.4) is 0 Å². The summed E-state index contributed by atoms with van der Waals surface area (Å²) in [4.78, 5) is 2.96. The second-order valence-corrected chi connectivity index (χ2v) is 5.25. The highest BCUT2D eigenvalue weighted by Crippen LogP contribution is 2.15. The Bertz CT molecular complexity index is 296. The van der Waals surface area contributed by atoms with Gasteiger partial charge in [-0.1, -0.05) is 12.1 Å². The lowest BCUT2D eigenvalue weighted by molar-refractivity contribution is 0.912. The first-order chi connectivity index (χ1) is 6.95. The maximum Gasteiger partial charge on any atom is 0.00480 e. The van der Waals surface area contributed by atoms with Crippen molar-refractivity contribution in [2.24, 2.45) is 0 Å². The van der Waals surface area contributed by atoms with E-state index in [-0.39, 0.29) is 0 Å². The number of thiophene rings is 2. The molecule has 73 valence electrons. The zero-order valence-corrected chi connectivity index (χ0v) is 9.61. The Kier molecular flexibility index (Phi) is 3.78. The van der Waals surface area contributed by atoms with Crippen LogP contribution in [0.4, 0.5) is 0 Å². The van der Waals surface area contributed by atoms with Crippen molar-refractivity contribution in [1.82, 2.24) is 0 Å². The Morgan fingerprint density at radius 3 is 2.36 bits per heavy atom. The largest absolute Gasteiger partial charge is 0.149 e. The first-order valence-electron chi connectivity index (χ1n) is 4.81. The first-order valence-corrected chi connectivity index (χ1v) is 6.57. The molecule has 2 heteroatoms. The maximum absolute atomic E-state index is 2.38. The zero-order chi connectivity index (χ0) is 9.64. The van der Waals surface area contributed by atoms with Gasteiger partial charge in [0, 0.05) is 9.75 Å². The van der Waals surface area contributed by atoms with Crippen LogP contribution in [0.2, 0.25) is 0 Å². The van der Waals surface area contributed by atoms with E-state index >= 15 is 0 Å². The van der Waals surface area contributed by atoms with Gasteiger partial charge in [-0.2, -0.15) is 0 Å². The molecule has 0 aromatic carbocycles. The predicted octanol–water partition coefficient (Wildman–Crippen LogP) is 4.19. The van der Waals surface area contributed by atoms with Crippen molar-refractivity contribution in [3.05, 3.63) is 51.2 Å². The number of hydrogen-bond donors (Lipinski definition) is 0. The highest BCUT2D eigenvalue weighted by atomic mass is 32.1. The van der Waals surface area contributed by atoms with Crippen LogP contribution in [0.25, 0.3) is 0 Å². The number of rotatable bonds is 5.